The van der Waals surface area contributed by atoms with Gasteiger partial charge in [-0.3, -0.25) is 4.79 Å². The highest BCUT2D eigenvalue weighted by atomic mass is 32.2. The second-order valence-electron chi connectivity index (χ2n) is 5.13. The van der Waals surface area contributed by atoms with Crippen LogP contribution in [-0.4, -0.2) is 42.0 Å². The van der Waals surface area contributed by atoms with Gasteiger partial charge in [0.15, 0.2) is 18.3 Å². The molecule has 0 aromatic heterocycles. The summed E-state index contributed by atoms with van der Waals surface area (Å²) >= 11 is 1.45. The van der Waals surface area contributed by atoms with Crippen molar-refractivity contribution in [1.29, 1.82) is 0 Å². The smallest absolute Gasteiger partial charge is 0.456 e. The molecule has 1 aromatic carbocycles. The van der Waals surface area contributed by atoms with Crippen LogP contribution in [0.25, 0.3) is 0 Å². The first kappa shape index (κ1) is 15.2. The third kappa shape index (κ3) is 3.05. The van der Waals surface area contributed by atoms with Crippen molar-refractivity contribution < 1.29 is 28.5 Å². The van der Waals surface area contributed by atoms with E-state index in [0.29, 0.717) is 0 Å². The van der Waals surface area contributed by atoms with Gasteiger partial charge in [0.05, 0.1) is 6.10 Å². The molecule has 7 heteroatoms. The highest BCUT2D eigenvalue weighted by molar-refractivity contribution is 7.99. The first-order valence-corrected chi connectivity index (χ1v) is 7.84. The predicted octanol–water partition coefficient (Wildman–Crippen LogP) is 2.36. The minimum atomic E-state index is -0.761. The van der Waals surface area contributed by atoms with E-state index >= 15 is 0 Å². The number of ether oxygens (including phenoxy) is 4. The molecule has 2 aliphatic heterocycles. The van der Waals surface area contributed by atoms with Crippen LogP contribution in [0.2, 0.25) is 0 Å². The van der Waals surface area contributed by atoms with Crippen LogP contribution >= 0.6 is 11.8 Å². The van der Waals surface area contributed by atoms with Crippen LogP contribution in [0.15, 0.2) is 35.2 Å². The molecule has 2 heterocycles. The van der Waals surface area contributed by atoms with Crippen LogP contribution in [0.5, 0.6) is 0 Å². The number of carbonyl (C=O) groups is 2. The largest absolute Gasteiger partial charge is 0.509 e. The molecule has 0 N–H and O–H groups in total. The third-order valence-electron chi connectivity index (χ3n) is 3.49. The van der Waals surface area contributed by atoms with E-state index in [1.54, 1.807) is 6.92 Å². The second-order valence-corrected chi connectivity index (χ2v) is 6.30. The van der Waals surface area contributed by atoms with Gasteiger partial charge in [0.25, 0.3) is 0 Å². The zero-order valence-electron chi connectivity index (χ0n) is 12.1. The quantitative estimate of drug-likeness (QED) is 0.790. The Morgan fingerprint density at radius 2 is 1.86 bits per heavy atom. The Kier molecular flexibility index (Phi) is 4.26. The van der Waals surface area contributed by atoms with Crippen LogP contribution in [0.3, 0.4) is 0 Å². The maximum atomic E-state index is 11.5. The summed E-state index contributed by atoms with van der Waals surface area (Å²) in [4.78, 5) is 23.7. The summed E-state index contributed by atoms with van der Waals surface area (Å²) in [6.07, 6.45) is -3.09. The van der Waals surface area contributed by atoms with Crippen molar-refractivity contribution in [3.8, 4) is 0 Å². The van der Waals surface area contributed by atoms with Crippen LogP contribution < -0.4 is 0 Å². The maximum Gasteiger partial charge on any atom is 0.509 e. The van der Waals surface area contributed by atoms with Crippen LogP contribution in [0, 0.1) is 0 Å². The molecule has 1 aromatic rings. The summed E-state index contributed by atoms with van der Waals surface area (Å²) < 4.78 is 21.5. The molecule has 0 unspecified atom stereocenters. The molecule has 6 nitrogen and oxygen atoms in total. The van der Waals surface area contributed by atoms with Crippen molar-refractivity contribution in [1.82, 2.24) is 0 Å². The first-order valence-electron chi connectivity index (χ1n) is 6.96. The summed E-state index contributed by atoms with van der Waals surface area (Å²) in [7, 11) is 0. The molecule has 118 valence electrons. The Balaban J connectivity index is 1.79. The van der Waals surface area contributed by atoms with Gasteiger partial charge < -0.3 is 18.9 Å². The molecule has 0 amide bonds. The van der Waals surface area contributed by atoms with Gasteiger partial charge >= 0.3 is 12.1 Å². The molecule has 3 rings (SSSR count). The molecule has 0 radical (unpaired) electrons. The summed E-state index contributed by atoms with van der Waals surface area (Å²) in [5.41, 5.74) is -0.416. The number of hydrogen-bond donors (Lipinski definition) is 0. The number of fused-ring (bicyclic) bond motifs is 1. The first-order chi connectivity index (χ1) is 10.5. The Bertz CT molecular complexity index is 562. The van der Waals surface area contributed by atoms with Crippen molar-refractivity contribution in [3.05, 3.63) is 30.3 Å². The van der Waals surface area contributed by atoms with E-state index in [2.05, 4.69) is 0 Å². The maximum absolute atomic E-state index is 11.5. The van der Waals surface area contributed by atoms with Gasteiger partial charge in [-0.25, -0.2) is 4.79 Å². The molecule has 0 aliphatic carbocycles. The van der Waals surface area contributed by atoms with E-state index in [0.717, 1.165) is 4.90 Å². The van der Waals surface area contributed by atoms with E-state index in [9.17, 15) is 9.59 Å². The van der Waals surface area contributed by atoms with Crippen molar-refractivity contribution in [2.24, 2.45) is 0 Å². The van der Waals surface area contributed by atoms with Crippen LogP contribution in [0.1, 0.15) is 13.8 Å². The molecule has 2 saturated heterocycles. The molecule has 5 atom stereocenters. The predicted molar refractivity (Wildman–Crippen MR) is 77.3 cm³/mol. The third-order valence-corrected chi connectivity index (χ3v) is 4.65. The van der Waals surface area contributed by atoms with Crippen molar-refractivity contribution in [2.75, 3.05) is 0 Å². The Hall–Kier alpha value is -1.73. The molecular formula is C15H16O6S. The minimum absolute atomic E-state index is 0.402. The zero-order chi connectivity index (χ0) is 15.7. The van der Waals surface area contributed by atoms with Gasteiger partial charge in [-0.1, -0.05) is 30.0 Å². The normalized spacial score (nSPS) is 33.5. The lowest BCUT2D eigenvalue weighted by Gasteiger charge is -2.38. The summed E-state index contributed by atoms with van der Waals surface area (Å²) in [5.74, 6) is -0.448. The molecule has 2 fully saturated rings. The fourth-order valence-electron chi connectivity index (χ4n) is 2.56. The number of hydrogen-bond acceptors (Lipinski definition) is 7. The van der Waals surface area contributed by atoms with E-state index in [1.165, 1.54) is 18.7 Å². The Morgan fingerprint density at radius 1 is 1.18 bits per heavy atom. The van der Waals surface area contributed by atoms with Gasteiger partial charge in [0.1, 0.15) is 5.44 Å². The topological polar surface area (TPSA) is 71.1 Å². The standard InChI is InChI=1S/C15H16O6S/c1-8-11(19-9(2)16)12-13(21-15(17)20-12)14(18-8)22-10-6-4-3-5-7-10/h3-8,11-14H,1-2H3/t8-,11-,12+,13+,14-/m0/s1. The number of rotatable bonds is 3. The van der Waals surface area contributed by atoms with Gasteiger partial charge in [0, 0.05) is 11.8 Å². The Labute approximate surface area is 132 Å². The average Bonchev–Trinajstić information content (AvgIpc) is 2.86. The zero-order valence-corrected chi connectivity index (χ0v) is 12.9. The van der Waals surface area contributed by atoms with E-state index in [4.69, 9.17) is 18.9 Å². The molecule has 0 saturated carbocycles. The summed E-state index contributed by atoms with van der Waals surface area (Å²) in [6.45, 7) is 3.10. The molecule has 0 bridgehead atoms. The monoisotopic (exact) mass is 324 g/mol. The highest BCUT2D eigenvalue weighted by Crippen LogP contribution is 2.39. The van der Waals surface area contributed by atoms with Crippen molar-refractivity contribution in [2.45, 2.75) is 48.6 Å². The van der Waals surface area contributed by atoms with E-state index < -0.39 is 42.0 Å². The molecule has 2 aliphatic rings. The fourth-order valence-corrected chi connectivity index (χ4v) is 3.72. The number of thioether (sulfide) groups is 1. The highest BCUT2D eigenvalue weighted by Gasteiger charge is 2.54. The average molecular weight is 324 g/mol. The number of esters is 1. The fraction of sp³-hybridized carbons (Fsp3) is 0.467. The van der Waals surface area contributed by atoms with Gasteiger partial charge in [-0.2, -0.15) is 0 Å². The van der Waals surface area contributed by atoms with Crippen molar-refractivity contribution in [3.63, 3.8) is 0 Å². The van der Waals surface area contributed by atoms with Gasteiger partial charge in [-0.15, -0.1) is 0 Å². The molecule has 0 spiro atoms. The van der Waals surface area contributed by atoms with Crippen LogP contribution in [0.4, 0.5) is 4.79 Å². The van der Waals surface area contributed by atoms with Crippen LogP contribution in [-0.2, 0) is 23.7 Å². The lowest BCUT2D eigenvalue weighted by atomic mass is 10.0. The SMILES string of the molecule is CC(=O)O[C@@H]1[C@H]2OC(=O)O[C@H]2[C@H](Sc2ccccc2)O[C@H]1C. The molecular weight excluding hydrogens is 308 g/mol. The van der Waals surface area contributed by atoms with Crippen molar-refractivity contribution >= 4 is 23.9 Å². The lowest BCUT2D eigenvalue weighted by Crippen LogP contribution is -2.55. The van der Waals surface area contributed by atoms with E-state index in [-0.39, 0.29) is 0 Å². The number of carbonyl (C=O) groups excluding carboxylic acids is 2. The number of benzene rings is 1. The second kappa shape index (κ2) is 6.18. The van der Waals surface area contributed by atoms with Gasteiger partial charge in [-0.05, 0) is 19.1 Å². The molecule has 22 heavy (non-hydrogen) atoms. The van der Waals surface area contributed by atoms with Gasteiger partial charge in [0.2, 0.25) is 0 Å². The summed E-state index contributed by atoms with van der Waals surface area (Å²) in [5, 5.41) is 0. The summed E-state index contributed by atoms with van der Waals surface area (Å²) in [6, 6.07) is 9.66. The Morgan fingerprint density at radius 3 is 2.55 bits per heavy atom. The lowest BCUT2D eigenvalue weighted by molar-refractivity contribution is -0.186. The minimum Gasteiger partial charge on any atom is -0.456 e. The van der Waals surface area contributed by atoms with E-state index in [1.807, 2.05) is 30.3 Å².